The molecule has 1 aliphatic rings. The van der Waals surface area contributed by atoms with E-state index >= 15 is 0 Å². The fourth-order valence-corrected chi connectivity index (χ4v) is 2.61. The number of carbonyl (C=O) groups excluding carboxylic acids is 1. The van der Waals surface area contributed by atoms with E-state index in [9.17, 15) is 9.18 Å². The molecular weight excluding hydrogens is 289 g/mol. The van der Waals surface area contributed by atoms with Gasteiger partial charge in [0.05, 0.1) is 5.41 Å². The number of likely N-dealkylation sites (tertiary alicyclic amines) is 1. The van der Waals surface area contributed by atoms with Gasteiger partial charge in [-0.25, -0.2) is 4.39 Å². The molecule has 134 valence electrons. The fourth-order valence-electron chi connectivity index (χ4n) is 2.61. The molecule has 0 aromatic heterocycles. The molecule has 0 bridgehead atoms. The van der Waals surface area contributed by atoms with E-state index in [2.05, 4.69) is 11.9 Å². The molecule has 0 spiro atoms. The first-order valence-corrected chi connectivity index (χ1v) is 9.00. The Labute approximate surface area is 143 Å². The summed E-state index contributed by atoms with van der Waals surface area (Å²) in [5.41, 5.74) is 0.555. The number of ketones is 1. The SMILES string of the molecule is CC.CC.CC.CC(=O)C1(c2ccc(F)cc2)CCN(C)CC1. The maximum absolute atomic E-state index is 12.9. The molecule has 0 radical (unpaired) electrons. The van der Waals surface area contributed by atoms with E-state index in [1.807, 2.05) is 41.5 Å². The minimum atomic E-state index is -0.403. The van der Waals surface area contributed by atoms with E-state index < -0.39 is 5.41 Å². The highest BCUT2D eigenvalue weighted by molar-refractivity contribution is 5.88. The average Bonchev–Trinajstić information content (AvgIpc) is 2.62. The maximum Gasteiger partial charge on any atom is 0.140 e. The van der Waals surface area contributed by atoms with Gasteiger partial charge in [-0.05, 0) is 57.6 Å². The quantitative estimate of drug-likeness (QED) is 0.720. The van der Waals surface area contributed by atoms with Crippen LogP contribution >= 0.6 is 0 Å². The van der Waals surface area contributed by atoms with Crippen LogP contribution in [0.25, 0.3) is 0 Å². The third kappa shape index (κ3) is 6.82. The molecule has 1 aromatic rings. The smallest absolute Gasteiger partial charge is 0.140 e. The lowest BCUT2D eigenvalue weighted by molar-refractivity contribution is -0.124. The van der Waals surface area contributed by atoms with E-state index in [4.69, 9.17) is 0 Å². The zero-order chi connectivity index (χ0) is 18.5. The molecule has 0 N–H and O–H groups in total. The van der Waals surface area contributed by atoms with E-state index in [-0.39, 0.29) is 11.6 Å². The first-order chi connectivity index (χ1) is 11.0. The zero-order valence-electron chi connectivity index (χ0n) is 16.4. The number of hydrogen-bond acceptors (Lipinski definition) is 2. The summed E-state index contributed by atoms with van der Waals surface area (Å²) in [6.45, 7) is 15.5. The van der Waals surface area contributed by atoms with Gasteiger partial charge >= 0.3 is 0 Å². The molecule has 1 heterocycles. The average molecular weight is 326 g/mol. The Bertz CT molecular complexity index is 406. The molecule has 0 atom stereocenters. The van der Waals surface area contributed by atoms with Gasteiger partial charge in [-0.1, -0.05) is 53.7 Å². The highest BCUT2D eigenvalue weighted by Gasteiger charge is 2.39. The van der Waals surface area contributed by atoms with Gasteiger partial charge in [0.25, 0.3) is 0 Å². The van der Waals surface area contributed by atoms with Crippen molar-refractivity contribution in [1.29, 1.82) is 0 Å². The van der Waals surface area contributed by atoms with Crippen LogP contribution in [-0.2, 0) is 10.2 Å². The van der Waals surface area contributed by atoms with Gasteiger partial charge in [0.2, 0.25) is 0 Å². The number of benzene rings is 1. The largest absolute Gasteiger partial charge is 0.306 e. The number of piperidine rings is 1. The molecule has 1 aromatic carbocycles. The van der Waals surface area contributed by atoms with Gasteiger partial charge in [-0.2, -0.15) is 0 Å². The van der Waals surface area contributed by atoms with Gasteiger partial charge in [-0.3, -0.25) is 4.79 Å². The van der Waals surface area contributed by atoms with Crippen LogP contribution in [0.2, 0.25) is 0 Å². The summed E-state index contributed by atoms with van der Waals surface area (Å²) in [7, 11) is 2.06. The van der Waals surface area contributed by atoms with E-state index in [1.54, 1.807) is 19.1 Å². The number of carbonyl (C=O) groups is 1. The molecule has 2 rings (SSSR count). The van der Waals surface area contributed by atoms with Crippen LogP contribution in [0, 0.1) is 5.82 Å². The second-order valence-corrected chi connectivity index (χ2v) is 4.95. The molecular formula is C20H36FNO. The van der Waals surface area contributed by atoms with Crippen molar-refractivity contribution >= 4 is 5.78 Å². The number of hydrogen-bond donors (Lipinski definition) is 0. The Morgan fingerprint density at radius 1 is 0.957 bits per heavy atom. The summed E-state index contributed by atoms with van der Waals surface area (Å²) in [5, 5.41) is 0. The van der Waals surface area contributed by atoms with Crippen LogP contribution in [0.5, 0.6) is 0 Å². The van der Waals surface area contributed by atoms with Gasteiger partial charge in [0, 0.05) is 0 Å². The first kappa shape index (κ1) is 24.0. The van der Waals surface area contributed by atoms with Crippen molar-refractivity contribution in [3.05, 3.63) is 35.6 Å². The number of rotatable bonds is 2. The Balaban J connectivity index is 0. The predicted molar refractivity (Wildman–Crippen MR) is 99.5 cm³/mol. The van der Waals surface area contributed by atoms with Crippen LogP contribution in [-0.4, -0.2) is 30.8 Å². The predicted octanol–water partition coefficient (Wildman–Crippen LogP) is 5.46. The van der Waals surface area contributed by atoms with E-state index in [0.29, 0.717) is 0 Å². The van der Waals surface area contributed by atoms with Crippen molar-refractivity contribution in [3.8, 4) is 0 Å². The van der Waals surface area contributed by atoms with E-state index in [0.717, 1.165) is 31.5 Å². The summed E-state index contributed by atoms with van der Waals surface area (Å²) in [6.07, 6.45) is 1.65. The number of Topliss-reactive ketones (excluding diaryl/α,β-unsaturated/α-hetero) is 1. The highest BCUT2D eigenvalue weighted by atomic mass is 19.1. The Kier molecular flexibility index (Phi) is 13.8. The van der Waals surface area contributed by atoms with Gasteiger partial charge in [0.15, 0.2) is 0 Å². The fraction of sp³-hybridized carbons (Fsp3) is 0.650. The minimum Gasteiger partial charge on any atom is -0.306 e. The topological polar surface area (TPSA) is 20.3 Å². The summed E-state index contributed by atoms with van der Waals surface area (Å²) < 4.78 is 12.9. The third-order valence-electron chi connectivity index (χ3n) is 3.91. The van der Waals surface area contributed by atoms with Crippen molar-refractivity contribution in [3.63, 3.8) is 0 Å². The van der Waals surface area contributed by atoms with Gasteiger partial charge in [-0.15, -0.1) is 0 Å². The molecule has 1 saturated heterocycles. The van der Waals surface area contributed by atoms with Gasteiger partial charge < -0.3 is 4.90 Å². The monoisotopic (exact) mass is 325 g/mol. The van der Waals surface area contributed by atoms with Gasteiger partial charge in [0.1, 0.15) is 11.6 Å². The zero-order valence-corrected chi connectivity index (χ0v) is 16.4. The van der Waals surface area contributed by atoms with Crippen LogP contribution in [0.3, 0.4) is 0 Å². The first-order valence-electron chi connectivity index (χ1n) is 9.00. The third-order valence-corrected chi connectivity index (χ3v) is 3.91. The van der Waals surface area contributed by atoms with Crippen molar-refractivity contribution in [2.24, 2.45) is 0 Å². The minimum absolute atomic E-state index is 0.192. The molecule has 23 heavy (non-hydrogen) atoms. The number of halogens is 1. The molecule has 0 amide bonds. The summed E-state index contributed by atoms with van der Waals surface area (Å²) in [5.74, 6) is -0.0578. The standard InChI is InChI=1S/C14H18FNO.3C2H6/c1-11(17)14(7-9-16(2)10-8-14)12-3-5-13(15)6-4-12;3*1-2/h3-6H,7-10H2,1-2H3;3*1-2H3. The molecule has 2 nitrogen and oxygen atoms in total. The second kappa shape index (κ2) is 13.2. The van der Waals surface area contributed by atoms with Crippen LogP contribution in [0.1, 0.15) is 66.9 Å². The normalized spacial score (nSPS) is 15.7. The van der Waals surface area contributed by atoms with Crippen LogP contribution in [0.4, 0.5) is 4.39 Å². The van der Waals surface area contributed by atoms with Crippen LogP contribution in [0.15, 0.2) is 24.3 Å². The lowest BCUT2D eigenvalue weighted by Crippen LogP contribution is -2.45. The maximum atomic E-state index is 12.9. The molecule has 0 saturated carbocycles. The summed E-state index contributed by atoms with van der Waals surface area (Å²) >= 11 is 0. The highest BCUT2D eigenvalue weighted by Crippen LogP contribution is 2.36. The van der Waals surface area contributed by atoms with Crippen LogP contribution < -0.4 is 0 Å². The number of nitrogens with zero attached hydrogens (tertiary/aromatic N) is 1. The molecule has 0 aliphatic carbocycles. The second-order valence-electron chi connectivity index (χ2n) is 4.95. The van der Waals surface area contributed by atoms with Crippen molar-refractivity contribution < 1.29 is 9.18 Å². The summed E-state index contributed by atoms with van der Waals surface area (Å²) in [6, 6.07) is 6.39. The molecule has 1 fully saturated rings. The molecule has 1 aliphatic heterocycles. The Morgan fingerprint density at radius 2 is 1.35 bits per heavy atom. The summed E-state index contributed by atoms with van der Waals surface area (Å²) in [4.78, 5) is 14.2. The Morgan fingerprint density at radius 3 is 1.70 bits per heavy atom. The lowest BCUT2D eigenvalue weighted by atomic mass is 9.70. The lowest BCUT2D eigenvalue weighted by Gasteiger charge is -2.39. The van der Waals surface area contributed by atoms with E-state index in [1.165, 1.54) is 12.1 Å². The molecule has 0 unspecified atom stereocenters. The van der Waals surface area contributed by atoms with Crippen molar-refractivity contribution in [1.82, 2.24) is 4.90 Å². The Hall–Kier alpha value is -1.22. The van der Waals surface area contributed by atoms with Crippen molar-refractivity contribution in [2.45, 2.75) is 66.7 Å². The molecule has 3 heteroatoms. The van der Waals surface area contributed by atoms with Crippen molar-refractivity contribution in [2.75, 3.05) is 20.1 Å².